The second-order valence-electron chi connectivity index (χ2n) is 6.01. The van der Waals surface area contributed by atoms with Gasteiger partial charge in [-0.1, -0.05) is 18.2 Å². The minimum Gasteiger partial charge on any atom is -0.376 e. The largest absolute Gasteiger partial charge is 0.376 e. The Kier molecular flexibility index (Phi) is 5.54. The Morgan fingerprint density at radius 3 is 2.83 bits per heavy atom. The molecule has 1 aliphatic heterocycles. The van der Waals surface area contributed by atoms with Crippen LogP contribution in [0.5, 0.6) is 0 Å². The average Bonchev–Trinajstić information content (AvgIpc) is 3.14. The minimum atomic E-state index is -0.284. The van der Waals surface area contributed by atoms with Crippen LogP contribution in [0.4, 0.5) is 4.39 Å². The molecule has 0 saturated carbocycles. The molecule has 1 saturated heterocycles. The second kappa shape index (κ2) is 8.02. The lowest BCUT2D eigenvalue weighted by molar-refractivity contribution is -0.122. The first-order chi connectivity index (χ1) is 11.7. The quantitative estimate of drug-likeness (QED) is 0.886. The zero-order valence-electron chi connectivity index (χ0n) is 13.5. The maximum atomic E-state index is 13.2. The molecule has 1 aromatic heterocycles. The maximum Gasteiger partial charge on any atom is 0.220 e. The first-order valence-corrected chi connectivity index (χ1v) is 8.28. The van der Waals surface area contributed by atoms with Crippen LogP contribution >= 0.6 is 0 Å². The molecular weight excluding hydrogens is 307 g/mol. The van der Waals surface area contributed by atoms with Gasteiger partial charge < -0.3 is 10.1 Å². The van der Waals surface area contributed by atoms with Crippen molar-refractivity contribution in [1.82, 2.24) is 10.3 Å². The van der Waals surface area contributed by atoms with E-state index in [0.717, 1.165) is 24.0 Å². The molecule has 4 nitrogen and oxygen atoms in total. The molecule has 2 heterocycles. The van der Waals surface area contributed by atoms with Crippen LogP contribution in [-0.2, 0) is 16.0 Å². The van der Waals surface area contributed by atoms with Gasteiger partial charge in [0.05, 0.1) is 12.1 Å². The number of benzene rings is 1. The molecule has 0 aliphatic carbocycles. The number of pyridine rings is 1. The topological polar surface area (TPSA) is 51.2 Å². The van der Waals surface area contributed by atoms with Crippen molar-refractivity contribution in [3.05, 3.63) is 65.7 Å². The molecule has 1 amide bonds. The number of rotatable bonds is 6. The first kappa shape index (κ1) is 16.6. The number of aryl methyl sites for hydroxylation is 1. The Labute approximate surface area is 141 Å². The van der Waals surface area contributed by atoms with Crippen molar-refractivity contribution in [2.45, 2.75) is 37.8 Å². The van der Waals surface area contributed by atoms with Gasteiger partial charge in [-0.05, 0) is 48.6 Å². The Morgan fingerprint density at radius 2 is 2.17 bits per heavy atom. The van der Waals surface area contributed by atoms with E-state index in [1.807, 2.05) is 12.1 Å². The standard InChI is InChI=1S/C19H21FN2O2/c20-16-8-6-15(7-9-16)19(17-4-2-12-24-17)22-18(23)10-5-14-3-1-11-21-13-14/h1,3,6-9,11,13,17,19H,2,4-5,10,12H2,(H,22,23)/t17-,19+/m0/s1. The van der Waals surface area contributed by atoms with E-state index < -0.39 is 0 Å². The van der Waals surface area contributed by atoms with Crippen molar-refractivity contribution in [3.63, 3.8) is 0 Å². The van der Waals surface area contributed by atoms with Gasteiger partial charge in [-0.25, -0.2) is 4.39 Å². The Hall–Kier alpha value is -2.27. The average molecular weight is 328 g/mol. The molecule has 0 bridgehead atoms. The van der Waals surface area contributed by atoms with Crippen molar-refractivity contribution in [2.24, 2.45) is 0 Å². The summed E-state index contributed by atoms with van der Waals surface area (Å²) >= 11 is 0. The number of nitrogens with zero attached hydrogens (tertiary/aromatic N) is 1. The molecule has 2 aromatic rings. The Morgan fingerprint density at radius 1 is 1.33 bits per heavy atom. The molecule has 24 heavy (non-hydrogen) atoms. The highest BCUT2D eigenvalue weighted by molar-refractivity contribution is 5.76. The highest BCUT2D eigenvalue weighted by Crippen LogP contribution is 2.27. The van der Waals surface area contributed by atoms with E-state index in [4.69, 9.17) is 4.74 Å². The number of ether oxygens (including phenoxy) is 1. The van der Waals surface area contributed by atoms with Gasteiger partial charge in [-0.3, -0.25) is 9.78 Å². The van der Waals surface area contributed by atoms with Crippen molar-refractivity contribution in [1.29, 1.82) is 0 Å². The van der Waals surface area contributed by atoms with E-state index in [0.29, 0.717) is 19.4 Å². The SMILES string of the molecule is O=C(CCc1cccnc1)N[C@H](c1ccc(F)cc1)[C@@H]1CCCO1. The smallest absolute Gasteiger partial charge is 0.220 e. The summed E-state index contributed by atoms with van der Waals surface area (Å²) in [7, 11) is 0. The maximum absolute atomic E-state index is 13.2. The van der Waals surface area contributed by atoms with Crippen LogP contribution in [0.15, 0.2) is 48.8 Å². The van der Waals surface area contributed by atoms with Crippen LogP contribution < -0.4 is 5.32 Å². The van der Waals surface area contributed by atoms with Gasteiger partial charge >= 0.3 is 0 Å². The number of hydrogen-bond donors (Lipinski definition) is 1. The van der Waals surface area contributed by atoms with E-state index in [1.54, 1.807) is 24.5 Å². The lowest BCUT2D eigenvalue weighted by Crippen LogP contribution is -2.36. The summed E-state index contributed by atoms with van der Waals surface area (Å²) < 4.78 is 18.9. The first-order valence-electron chi connectivity index (χ1n) is 8.28. The van der Waals surface area contributed by atoms with E-state index in [2.05, 4.69) is 10.3 Å². The van der Waals surface area contributed by atoms with E-state index >= 15 is 0 Å². The van der Waals surface area contributed by atoms with Crippen molar-refractivity contribution in [3.8, 4) is 0 Å². The van der Waals surface area contributed by atoms with Crippen LogP contribution in [-0.4, -0.2) is 23.6 Å². The van der Waals surface area contributed by atoms with Gasteiger partial charge in [0.2, 0.25) is 5.91 Å². The van der Waals surface area contributed by atoms with E-state index in [9.17, 15) is 9.18 Å². The molecule has 3 rings (SSSR count). The molecule has 2 atom stereocenters. The third-order valence-corrected chi connectivity index (χ3v) is 4.25. The van der Waals surface area contributed by atoms with Gasteiger partial charge in [0, 0.05) is 25.4 Å². The lowest BCUT2D eigenvalue weighted by Gasteiger charge is -2.25. The summed E-state index contributed by atoms with van der Waals surface area (Å²) in [5.74, 6) is -0.323. The van der Waals surface area contributed by atoms with Gasteiger partial charge in [0.1, 0.15) is 5.82 Å². The molecule has 1 aliphatic rings. The van der Waals surface area contributed by atoms with Crippen molar-refractivity contribution < 1.29 is 13.9 Å². The van der Waals surface area contributed by atoms with Crippen LogP contribution in [0.3, 0.4) is 0 Å². The van der Waals surface area contributed by atoms with Crippen molar-refractivity contribution in [2.75, 3.05) is 6.61 Å². The fourth-order valence-corrected chi connectivity index (χ4v) is 2.98. The molecule has 1 aromatic carbocycles. The predicted molar refractivity (Wildman–Crippen MR) is 88.8 cm³/mol. The molecular formula is C19H21FN2O2. The Bertz CT molecular complexity index is 655. The van der Waals surface area contributed by atoms with Gasteiger partial charge in [0.25, 0.3) is 0 Å². The summed E-state index contributed by atoms with van der Waals surface area (Å²) in [4.78, 5) is 16.4. The molecule has 0 unspecified atom stereocenters. The van der Waals surface area contributed by atoms with Crippen LogP contribution in [0.1, 0.15) is 36.4 Å². The summed E-state index contributed by atoms with van der Waals surface area (Å²) in [6.07, 6.45) is 6.32. The summed E-state index contributed by atoms with van der Waals surface area (Å²) in [6.45, 7) is 0.702. The highest BCUT2D eigenvalue weighted by atomic mass is 19.1. The summed E-state index contributed by atoms with van der Waals surface area (Å²) in [5, 5.41) is 3.06. The summed E-state index contributed by atoms with van der Waals surface area (Å²) in [5.41, 5.74) is 1.90. The molecule has 0 radical (unpaired) electrons. The Balaban J connectivity index is 1.64. The number of hydrogen-bond acceptors (Lipinski definition) is 3. The van der Waals surface area contributed by atoms with Crippen LogP contribution in [0.25, 0.3) is 0 Å². The minimum absolute atomic E-state index is 0.0383. The number of aromatic nitrogens is 1. The predicted octanol–water partition coefficient (Wildman–Crippen LogP) is 3.19. The third kappa shape index (κ3) is 4.38. The monoisotopic (exact) mass is 328 g/mol. The number of halogens is 1. The van der Waals surface area contributed by atoms with Gasteiger partial charge in [-0.2, -0.15) is 0 Å². The summed E-state index contributed by atoms with van der Waals surface area (Å²) in [6, 6.07) is 9.83. The molecule has 5 heteroatoms. The van der Waals surface area contributed by atoms with E-state index in [-0.39, 0.29) is 23.9 Å². The van der Waals surface area contributed by atoms with Gasteiger partial charge in [0.15, 0.2) is 0 Å². The third-order valence-electron chi connectivity index (χ3n) is 4.25. The number of carbonyl (C=O) groups is 1. The molecule has 1 N–H and O–H groups in total. The second-order valence-corrected chi connectivity index (χ2v) is 6.01. The normalized spacial score (nSPS) is 18.3. The fraction of sp³-hybridized carbons (Fsp3) is 0.368. The number of amides is 1. The molecule has 1 fully saturated rings. The molecule has 126 valence electrons. The molecule has 0 spiro atoms. The number of carbonyl (C=O) groups excluding carboxylic acids is 1. The fourth-order valence-electron chi connectivity index (χ4n) is 2.98. The number of nitrogens with one attached hydrogen (secondary N) is 1. The van der Waals surface area contributed by atoms with Crippen molar-refractivity contribution >= 4 is 5.91 Å². The zero-order valence-corrected chi connectivity index (χ0v) is 13.5. The highest BCUT2D eigenvalue weighted by Gasteiger charge is 2.28. The van der Waals surface area contributed by atoms with E-state index in [1.165, 1.54) is 12.1 Å². The van der Waals surface area contributed by atoms with Crippen LogP contribution in [0, 0.1) is 5.82 Å². The van der Waals surface area contributed by atoms with Gasteiger partial charge in [-0.15, -0.1) is 0 Å². The zero-order chi connectivity index (χ0) is 16.8. The lowest BCUT2D eigenvalue weighted by atomic mass is 9.98. The van der Waals surface area contributed by atoms with Crippen LogP contribution in [0.2, 0.25) is 0 Å².